The summed E-state index contributed by atoms with van der Waals surface area (Å²) in [6, 6.07) is 16.9. The van der Waals surface area contributed by atoms with E-state index in [4.69, 9.17) is 4.74 Å². The van der Waals surface area contributed by atoms with Gasteiger partial charge in [-0.3, -0.25) is 0 Å². The Morgan fingerprint density at radius 1 is 1.12 bits per heavy atom. The third kappa shape index (κ3) is 2.43. The first-order valence-corrected chi connectivity index (χ1v) is 8.68. The Bertz CT molecular complexity index is 965. The minimum atomic E-state index is 0.896. The van der Waals surface area contributed by atoms with Gasteiger partial charge in [0.1, 0.15) is 12.8 Å². The van der Waals surface area contributed by atoms with Crippen LogP contribution in [-0.2, 0) is 7.05 Å². The number of fused-ring (bicyclic) bond motifs is 2. The van der Waals surface area contributed by atoms with Crippen molar-refractivity contribution in [2.75, 3.05) is 19.1 Å². The molecule has 0 N–H and O–H groups in total. The number of methoxy groups -OCH3 is 1. The van der Waals surface area contributed by atoms with E-state index in [2.05, 4.69) is 78.3 Å². The number of ether oxygens (including phenoxy) is 1. The fourth-order valence-electron chi connectivity index (χ4n) is 3.05. The molecule has 1 aliphatic rings. The summed E-state index contributed by atoms with van der Waals surface area (Å²) in [4.78, 5) is 3.47. The second-order valence-corrected chi connectivity index (χ2v) is 6.94. The minimum absolute atomic E-state index is 0.896. The molecule has 1 aliphatic heterocycles. The van der Waals surface area contributed by atoms with Crippen LogP contribution in [0, 0.1) is 0 Å². The molecule has 0 radical (unpaired) electrons. The Balaban J connectivity index is 1.79. The average molecular weight is 335 g/mol. The Morgan fingerprint density at radius 2 is 1.96 bits per heavy atom. The summed E-state index contributed by atoms with van der Waals surface area (Å²) in [6.07, 6.45) is 4.38. The van der Waals surface area contributed by atoms with Gasteiger partial charge in [-0.25, -0.2) is 4.57 Å². The van der Waals surface area contributed by atoms with Gasteiger partial charge in [0, 0.05) is 24.1 Å². The second-order valence-electron chi connectivity index (χ2n) is 5.88. The number of nitrogens with zero attached hydrogens (tertiary/aromatic N) is 2. The van der Waals surface area contributed by atoms with E-state index in [0.29, 0.717) is 0 Å². The Hall–Kier alpha value is -2.46. The van der Waals surface area contributed by atoms with Gasteiger partial charge in [0.15, 0.2) is 6.20 Å². The van der Waals surface area contributed by atoms with Crippen molar-refractivity contribution in [3.05, 3.63) is 65.3 Å². The lowest BCUT2D eigenvalue weighted by Gasteiger charge is -2.14. The molecule has 0 amide bonds. The van der Waals surface area contributed by atoms with Gasteiger partial charge in [0.25, 0.3) is 0 Å². The highest BCUT2D eigenvalue weighted by molar-refractivity contribution is 8.03. The van der Waals surface area contributed by atoms with E-state index in [1.165, 1.54) is 32.1 Å². The van der Waals surface area contributed by atoms with Gasteiger partial charge in [-0.1, -0.05) is 23.9 Å². The maximum Gasteiger partial charge on any atom is 0.212 e. The lowest BCUT2D eigenvalue weighted by atomic mass is 10.1. The van der Waals surface area contributed by atoms with E-state index in [0.717, 1.165) is 5.75 Å². The molecule has 0 bridgehead atoms. The van der Waals surface area contributed by atoms with Crippen LogP contribution in [0.5, 0.6) is 5.75 Å². The van der Waals surface area contributed by atoms with Crippen LogP contribution in [0.1, 0.15) is 5.56 Å². The number of rotatable bonds is 2. The molecule has 3 nitrogen and oxygen atoms in total. The Kier molecular flexibility index (Phi) is 3.69. The first-order chi connectivity index (χ1) is 11.7. The lowest BCUT2D eigenvalue weighted by Crippen LogP contribution is -2.28. The highest BCUT2D eigenvalue weighted by Gasteiger charge is 2.23. The van der Waals surface area contributed by atoms with Gasteiger partial charge in [0.2, 0.25) is 5.52 Å². The predicted octanol–water partition coefficient (Wildman–Crippen LogP) is 4.21. The molecule has 0 aliphatic carbocycles. The zero-order chi connectivity index (χ0) is 16.7. The zero-order valence-electron chi connectivity index (χ0n) is 14.0. The number of thioether (sulfide) groups is 1. The van der Waals surface area contributed by atoms with Crippen molar-refractivity contribution in [1.82, 2.24) is 0 Å². The van der Waals surface area contributed by atoms with Crippen LogP contribution in [0.2, 0.25) is 0 Å². The monoisotopic (exact) mass is 335 g/mol. The van der Waals surface area contributed by atoms with Crippen molar-refractivity contribution >= 4 is 34.4 Å². The third-order valence-corrected chi connectivity index (χ3v) is 5.57. The number of aromatic nitrogens is 1. The van der Waals surface area contributed by atoms with E-state index >= 15 is 0 Å². The van der Waals surface area contributed by atoms with Gasteiger partial charge < -0.3 is 9.64 Å². The molecular formula is C20H19N2OS+. The second kappa shape index (κ2) is 5.87. The first-order valence-electron chi connectivity index (χ1n) is 7.86. The van der Waals surface area contributed by atoms with Crippen LogP contribution in [0.4, 0.5) is 5.69 Å². The predicted molar refractivity (Wildman–Crippen MR) is 100 cm³/mol. The molecule has 4 rings (SSSR count). The van der Waals surface area contributed by atoms with E-state index in [-0.39, 0.29) is 0 Å². The van der Waals surface area contributed by atoms with Gasteiger partial charge in [0.05, 0.1) is 23.2 Å². The number of anilines is 1. The van der Waals surface area contributed by atoms with Crippen LogP contribution in [0.15, 0.2) is 64.7 Å². The van der Waals surface area contributed by atoms with E-state index < -0.39 is 0 Å². The molecule has 24 heavy (non-hydrogen) atoms. The molecule has 0 unspecified atom stereocenters. The van der Waals surface area contributed by atoms with E-state index in [9.17, 15) is 0 Å². The Morgan fingerprint density at radius 3 is 2.79 bits per heavy atom. The molecule has 1 aromatic heterocycles. The Labute approximate surface area is 146 Å². The van der Waals surface area contributed by atoms with Crippen molar-refractivity contribution in [2.24, 2.45) is 7.05 Å². The summed E-state index contributed by atoms with van der Waals surface area (Å²) in [5.74, 6) is 0.896. The van der Waals surface area contributed by atoms with Gasteiger partial charge >= 0.3 is 0 Å². The lowest BCUT2D eigenvalue weighted by molar-refractivity contribution is -0.644. The van der Waals surface area contributed by atoms with E-state index in [1.54, 1.807) is 18.9 Å². The highest BCUT2D eigenvalue weighted by Crippen LogP contribution is 2.47. The molecule has 3 aromatic rings. The molecular weight excluding hydrogens is 316 g/mol. The fourth-order valence-corrected chi connectivity index (χ4v) is 4.18. The number of hydrogen-bond acceptors (Lipinski definition) is 3. The van der Waals surface area contributed by atoms with Crippen LogP contribution >= 0.6 is 11.8 Å². The normalized spacial score (nSPS) is 15.1. The van der Waals surface area contributed by atoms with Crippen molar-refractivity contribution in [3.8, 4) is 5.75 Å². The fraction of sp³-hybridized carbons (Fsp3) is 0.150. The maximum atomic E-state index is 5.34. The topological polar surface area (TPSA) is 16.4 Å². The molecule has 0 saturated carbocycles. The first kappa shape index (κ1) is 15.1. The van der Waals surface area contributed by atoms with Crippen LogP contribution in [0.25, 0.3) is 17.0 Å². The molecule has 2 aromatic carbocycles. The number of benzene rings is 2. The summed E-state index contributed by atoms with van der Waals surface area (Å²) in [5, 5.41) is 2.48. The van der Waals surface area contributed by atoms with Crippen LogP contribution in [-0.4, -0.2) is 14.2 Å². The molecule has 120 valence electrons. The summed E-state index contributed by atoms with van der Waals surface area (Å²) in [6.45, 7) is 0. The molecule has 0 spiro atoms. The van der Waals surface area contributed by atoms with Crippen LogP contribution < -0.4 is 14.2 Å². The smallest absolute Gasteiger partial charge is 0.212 e. The molecule has 2 heterocycles. The zero-order valence-corrected chi connectivity index (χ0v) is 14.8. The molecule has 4 heteroatoms. The molecule has 0 saturated heterocycles. The highest BCUT2D eigenvalue weighted by atomic mass is 32.2. The standard InChI is InChI=1S/C20H19N2OS/c1-21-11-10-14(16-6-4-5-7-17(16)21)12-20-22(2)18-9-8-15(23-3)13-19(18)24-20/h4-13H,1-3H3/q+1. The number of pyridine rings is 1. The quantitative estimate of drug-likeness (QED) is 0.653. The SMILES string of the molecule is COc1ccc2c(c1)S/C(=C\c1cc[n+](C)c3ccccc13)N2C. The van der Waals surface area contributed by atoms with Crippen molar-refractivity contribution < 1.29 is 9.30 Å². The number of aryl methyl sites for hydroxylation is 1. The largest absolute Gasteiger partial charge is 0.497 e. The summed E-state index contributed by atoms with van der Waals surface area (Å²) in [7, 11) is 5.90. The molecule has 0 atom stereocenters. The third-order valence-electron chi connectivity index (χ3n) is 4.43. The number of para-hydroxylation sites is 1. The summed E-state index contributed by atoms with van der Waals surface area (Å²) >= 11 is 1.78. The summed E-state index contributed by atoms with van der Waals surface area (Å²) in [5.41, 5.74) is 3.69. The number of hydrogen-bond donors (Lipinski definition) is 0. The van der Waals surface area contributed by atoms with Crippen LogP contribution in [0.3, 0.4) is 0 Å². The van der Waals surface area contributed by atoms with E-state index in [1.807, 2.05) is 6.07 Å². The average Bonchev–Trinajstić information content (AvgIpc) is 2.93. The van der Waals surface area contributed by atoms with Gasteiger partial charge in [-0.05, 0) is 35.9 Å². The summed E-state index contributed by atoms with van der Waals surface area (Å²) < 4.78 is 7.50. The minimum Gasteiger partial charge on any atom is -0.497 e. The maximum absolute atomic E-state index is 5.34. The molecule has 0 fully saturated rings. The van der Waals surface area contributed by atoms with Crippen molar-refractivity contribution in [1.29, 1.82) is 0 Å². The van der Waals surface area contributed by atoms with Crippen molar-refractivity contribution in [2.45, 2.75) is 4.90 Å². The van der Waals surface area contributed by atoms with Gasteiger partial charge in [-0.2, -0.15) is 0 Å². The van der Waals surface area contributed by atoms with Crippen molar-refractivity contribution in [3.63, 3.8) is 0 Å². The van der Waals surface area contributed by atoms with Gasteiger partial charge in [-0.15, -0.1) is 0 Å².